The number of rotatable bonds is 3. The molecule has 1 rings (SSSR count). The van der Waals surface area contributed by atoms with E-state index in [1.807, 2.05) is 36.5 Å². The molecule has 0 fully saturated rings. The van der Waals surface area contributed by atoms with Gasteiger partial charge in [-0.05, 0) is 17.9 Å². The molecule has 0 aliphatic heterocycles. The number of hydrogen-bond donors (Lipinski definition) is 0. The summed E-state index contributed by atoms with van der Waals surface area (Å²) in [6.45, 7) is 8.91. The van der Waals surface area contributed by atoms with Crippen LogP contribution in [0.25, 0.3) is 0 Å². The lowest BCUT2D eigenvalue weighted by atomic mass is 9.97. The van der Waals surface area contributed by atoms with Crippen LogP contribution in [-0.2, 0) is 0 Å². The van der Waals surface area contributed by atoms with E-state index in [-0.39, 0.29) is 6.84 Å². The van der Waals surface area contributed by atoms with Gasteiger partial charge in [0, 0.05) is 12.8 Å². The molecule has 1 aromatic carbocycles. The first-order valence-electron chi connectivity index (χ1n) is 4.48. The Morgan fingerprint density at radius 1 is 1.38 bits per heavy atom. The molecule has 1 aromatic rings. The van der Waals surface area contributed by atoms with Gasteiger partial charge in [-0.15, -0.1) is 0 Å². The van der Waals surface area contributed by atoms with Gasteiger partial charge in [0.1, 0.15) is 0 Å². The van der Waals surface area contributed by atoms with E-state index in [4.69, 9.17) is 0 Å². The first kappa shape index (κ1) is 9.97. The molecule has 1 heteroatoms. The molecular weight excluding hydrogens is 158 g/mol. The third kappa shape index (κ3) is 4.46. The number of aliphatic imine (C=N–C) groups is 1. The summed E-state index contributed by atoms with van der Waals surface area (Å²) in [5.74, 6) is 0. The quantitative estimate of drug-likeness (QED) is 0.626. The van der Waals surface area contributed by atoms with Crippen LogP contribution in [0.3, 0.4) is 0 Å². The van der Waals surface area contributed by atoms with Crippen LogP contribution in [0.2, 0.25) is 0 Å². The van der Waals surface area contributed by atoms with Gasteiger partial charge in [-0.3, -0.25) is 4.99 Å². The Hall–Kier alpha value is -1.11. The van der Waals surface area contributed by atoms with Crippen LogP contribution in [-0.4, -0.2) is 12.8 Å². The third-order valence-electron chi connectivity index (χ3n) is 1.56. The molecule has 0 aliphatic rings. The number of benzene rings is 1. The second-order valence-corrected chi connectivity index (χ2v) is 4.04. The summed E-state index contributed by atoms with van der Waals surface area (Å²) >= 11 is 0. The minimum absolute atomic E-state index is 0. The Balaban J connectivity index is 0.00000169. The molecule has 0 unspecified atom stereocenters. The predicted octanol–water partition coefficient (Wildman–Crippen LogP) is 3.08. The highest BCUT2D eigenvalue weighted by Gasteiger charge is 2.07. The van der Waals surface area contributed by atoms with Crippen LogP contribution < -0.4 is 0 Å². The van der Waals surface area contributed by atoms with Gasteiger partial charge < -0.3 is 0 Å². The van der Waals surface area contributed by atoms with E-state index in [9.17, 15) is 0 Å². The van der Waals surface area contributed by atoms with Crippen molar-refractivity contribution in [2.24, 2.45) is 10.4 Å². The van der Waals surface area contributed by atoms with Crippen molar-refractivity contribution in [2.75, 3.05) is 6.54 Å². The highest BCUT2D eigenvalue weighted by atomic mass is 14.7. The third-order valence-corrected chi connectivity index (χ3v) is 1.56. The topological polar surface area (TPSA) is 12.4 Å². The lowest BCUT2D eigenvalue weighted by molar-refractivity contribution is 0.492. The lowest BCUT2D eigenvalue weighted by Gasteiger charge is -2.13. The maximum atomic E-state index is 4.33. The molecule has 0 atom stereocenters. The molecule has 69 valence electrons. The summed E-state index contributed by atoms with van der Waals surface area (Å²) in [4.78, 5) is 4.33. The zero-order chi connectivity index (χ0) is 9.73. The Morgan fingerprint density at radius 2 is 2.00 bits per heavy atom. The zero-order valence-corrected chi connectivity index (χ0v) is 8.33. The minimum atomic E-state index is 0. The van der Waals surface area contributed by atoms with Crippen LogP contribution in [0.1, 0.15) is 20.8 Å². The molecule has 0 bridgehead atoms. The SMILES string of the molecule is [CH2]C(C)(C)CN=Cc1ccccc1.[H+]. The Bertz CT molecular complexity index is 272. The largest absolute Gasteiger partial charge is 1.00 e. The molecule has 0 heterocycles. The summed E-state index contributed by atoms with van der Waals surface area (Å²) < 4.78 is 0. The minimum Gasteiger partial charge on any atom is -0.292 e. The highest BCUT2D eigenvalue weighted by molar-refractivity contribution is 5.79. The Morgan fingerprint density at radius 3 is 2.54 bits per heavy atom. The fourth-order valence-corrected chi connectivity index (χ4v) is 0.937. The van der Waals surface area contributed by atoms with Crippen molar-refractivity contribution in [1.29, 1.82) is 0 Å². The average Bonchev–Trinajstić information content (AvgIpc) is 2.04. The van der Waals surface area contributed by atoms with Gasteiger partial charge in [-0.1, -0.05) is 44.2 Å². The van der Waals surface area contributed by atoms with Crippen molar-refractivity contribution < 1.29 is 1.43 Å². The second-order valence-electron chi connectivity index (χ2n) is 4.04. The van der Waals surface area contributed by atoms with Crippen LogP contribution in [0.5, 0.6) is 0 Å². The van der Waals surface area contributed by atoms with Gasteiger partial charge in [0.25, 0.3) is 0 Å². The van der Waals surface area contributed by atoms with E-state index in [1.54, 1.807) is 0 Å². The summed E-state index contributed by atoms with van der Waals surface area (Å²) in [7, 11) is 0. The fraction of sp³-hybridized carbons (Fsp3) is 0.333. The van der Waals surface area contributed by atoms with Crippen molar-refractivity contribution in [1.82, 2.24) is 0 Å². The van der Waals surface area contributed by atoms with Crippen LogP contribution in [0, 0.1) is 12.3 Å². The lowest BCUT2D eigenvalue weighted by Crippen LogP contribution is -2.09. The molecule has 0 saturated carbocycles. The molecule has 1 radical (unpaired) electrons. The normalized spacial score (nSPS) is 12.2. The molecule has 0 saturated heterocycles. The Labute approximate surface area is 82.0 Å². The average molecular weight is 175 g/mol. The van der Waals surface area contributed by atoms with Gasteiger partial charge in [0.05, 0.1) is 0 Å². The molecular formula is C12H17N+. The molecule has 1 nitrogen and oxygen atoms in total. The van der Waals surface area contributed by atoms with Gasteiger partial charge in [-0.2, -0.15) is 0 Å². The van der Waals surface area contributed by atoms with Crippen molar-refractivity contribution >= 4 is 6.21 Å². The number of nitrogens with zero attached hydrogens (tertiary/aromatic N) is 1. The smallest absolute Gasteiger partial charge is 0.292 e. The van der Waals surface area contributed by atoms with E-state index in [0.29, 0.717) is 0 Å². The maximum absolute atomic E-state index is 4.33. The summed E-state index contributed by atoms with van der Waals surface area (Å²) in [6.07, 6.45) is 1.90. The summed E-state index contributed by atoms with van der Waals surface area (Å²) in [5, 5.41) is 0. The molecule has 0 aliphatic carbocycles. The van der Waals surface area contributed by atoms with Gasteiger partial charge in [0.15, 0.2) is 0 Å². The van der Waals surface area contributed by atoms with Gasteiger partial charge in [0.2, 0.25) is 0 Å². The molecule has 13 heavy (non-hydrogen) atoms. The van der Waals surface area contributed by atoms with E-state index in [0.717, 1.165) is 12.1 Å². The molecule has 0 amide bonds. The standard InChI is InChI=1S/C12H16N/c1-12(2,3)10-13-9-11-7-5-4-6-8-11/h4-9H,1,10H2,2-3H3/p+1. The van der Waals surface area contributed by atoms with E-state index >= 15 is 0 Å². The monoisotopic (exact) mass is 175 g/mol. The predicted molar refractivity (Wildman–Crippen MR) is 59.2 cm³/mol. The van der Waals surface area contributed by atoms with E-state index in [1.165, 1.54) is 0 Å². The van der Waals surface area contributed by atoms with Gasteiger partial charge in [-0.25, -0.2) is 0 Å². The molecule has 0 aromatic heterocycles. The van der Waals surface area contributed by atoms with Crippen molar-refractivity contribution in [2.45, 2.75) is 13.8 Å². The van der Waals surface area contributed by atoms with E-state index < -0.39 is 0 Å². The Kier molecular flexibility index (Phi) is 3.24. The van der Waals surface area contributed by atoms with Gasteiger partial charge >= 0.3 is 1.43 Å². The van der Waals surface area contributed by atoms with E-state index in [2.05, 4.69) is 25.8 Å². The van der Waals surface area contributed by atoms with Crippen LogP contribution in [0.4, 0.5) is 0 Å². The fourth-order valence-electron chi connectivity index (χ4n) is 0.937. The first-order valence-corrected chi connectivity index (χ1v) is 4.48. The van der Waals surface area contributed by atoms with Crippen molar-refractivity contribution in [3.05, 3.63) is 42.8 Å². The molecule has 0 spiro atoms. The highest BCUT2D eigenvalue weighted by Crippen LogP contribution is 2.11. The van der Waals surface area contributed by atoms with Crippen LogP contribution >= 0.6 is 0 Å². The van der Waals surface area contributed by atoms with Crippen LogP contribution in [0.15, 0.2) is 35.3 Å². The summed E-state index contributed by atoms with van der Waals surface area (Å²) in [6, 6.07) is 10.1. The van der Waals surface area contributed by atoms with Crippen molar-refractivity contribution in [3.63, 3.8) is 0 Å². The maximum Gasteiger partial charge on any atom is 1.00 e. The summed E-state index contributed by atoms with van der Waals surface area (Å²) in [5.41, 5.74) is 1.18. The second kappa shape index (κ2) is 4.22. The van der Waals surface area contributed by atoms with Crippen molar-refractivity contribution in [3.8, 4) is 0 Å². The first-order chi connectivity index (χ1) is 6.08. The molecule has 0 N–H and O–H groups in total. The zero-order valence-electron chi connectivity index (χ0n) is 9.33. The number of hydrogen-bond acceptors (Lipinski definition) is 1.